The molecular weight excluding hydrogens is 128 g/mol. The number of carbonyl (C=O) groups excluding carboxylic acids is 1. The van der Waals surface area contributed by atoms with Gasteiger partial charge in [-0.1, -0.05) is 5.92 Å². The number of hydrogen-bond donors (Lipinski definition) is 0. The monoisotopic (exact) mass is 134 g/mol. The van der Waals surface area contributed by atoms with Gasteiger partial charge in [-0.05, 0) is 5.92 Å². The van der Waals surface area contributed by atoms with Crippen LogP contribution in [0.1, 0.15) is 5.56 Å². The van der Waals surface area contributed by atoms with Crippen LogP contribution in [0.2, 0.25) is 0 Å². The van der Waals surface area contributed by atoms with E-state index in [4.69, 9.17) is 0 Å². The molecule has 1 heterocycles. The lowest BCUT2D eigenvalue weighted by atomic mass is 10.4. The van der Waals surface area contributed by atoms with Gasteiger partial charge < -0.3 is 0 Å². The molecule has 0 fully saturated rings. The van der Waals surface area contributed by atoms with E-state index in [0.29, 0.717) is 6.29 Å². The highest BCUT2D eigenvalue weighted by molar-refractivity contribution is 5.73. The van der Waals surface area contributed by atoms with E-state index in [1.54, 1.807) is 24.1 Å². The maximum atomic E-state index is 9.78. The van der Waals surface area contributed by atoms with Gasteiger partial charge in [-0.25, -0.2) is 0 Å². The lowest BCUT2D eigenvalue weighted by Gasteiger charge is -1.78. The number of aldehydes is 1. The minimum Gasteiger partial charge on any atom is -0.289 e. The molecule has 0 aliphatic rings. The summed E-state index contributed by atoms with van der Waals surface area (Å²) in [5.41, 5.74) is 0.759. The molecule has 0 aliphatic carbocycles. The third-order valence-corrected chi connectivity index (χ3v) is 0.980. The molecule has 0 saturated carbocycles. The SMILES string of the molecule is Cn1cc(C#CC=O)cn1. The summed E-state index contributed by atoms with van der Waals surface area (Å²) in [5.74, 6) is 4.91. The Balaban J connectivity index is 2.85. The first-order valence-corrected chi connectivity index (χ1v) is 2.77. The summed E-state index contributed by atoms with van der Waals surface area (Å²) in [6.45, 7) is 0. The van der Waals surface area contributed by atoms with Crippen molar-refractivity contribution in [2.24, 2.45) is 7.05 Å². The molecule has 3 heteroatoms. The lowest BCUT2D eigenvalue weighted by molar-refractivity contribution is -0.103. The second-order valence-electron chi connectivity index (χ2n) is 1.79. The van der Waals surface area contributed by atoms with Gasteiger partial charge >= 0.3 is 0 Å². The average Bonchev–Trinajstić information content (AvgIpc) is 2.31. The summed E-state index contributed by atoms with van der Waals surface area (Å²) in [5, 5.41) is 3.87. The molecule has 10 heavy (non-hydrogen) atoms. The fraction of sp³-hybridized carbons (Fsp3) is 0.143. The Bertz CT molecular complexity index is 290. The van der Waals surface area contributed by atoms with E-state index in [9.17, 15) is 4.79 Å². The molecule has 50 valence electrons. The Labute approximate surface area is 58.7 Å². The van der Waals surface area contributed by atoms with Crippen molar-refractivity contribution in [2.45, 2.75) is 0 Å². The molecule has 0 atom stereocenters. The number of rotatable bonds is 0. The highest BCUT2D eigenvalue weighted by Gasteiger charge is 1.86. The Kier molecular flexibility index (Phi) is 1.86. The molecule has 1 aromatic heterocycles. The van der Waals surface area contributed by atoms with Crippen LogP contribution in [0.25, 0.3) is 0 Å². The first-order chi connectivity index (χ1) is 4.83. The van der Waals surface area contributed by atoms with Crippen LogP contribution in [0, 0.1) is 11.8 Å². The van der Waals surface area contributed by atoms with Crippen molar-refractivity contribution < 1.29 is 4.79 Å². The van der Waals surface area contributed by atoms with Crippen molar-refractivity contribution in [3.05, 3.63) is 18.0 Å². The van der Waals surface area contributed by atoms with Crippen LogP contribution in [0.5, 0.6) is 0 Å². The van der Waals surface area contributed by atoms with Crippen LogP contribution in [-0.4, -0.2) is 16.1 Å². The predicted molar refractivity (Wildman–Crippen MR) is 36.2 cm³/mol. The zero-order valence-electron chi connectivity index (χ0n) is 5.53. The largest absolute Gasteiger partial charge is 0.289 e. The quantitative estimate of drug-likeness (QED) is 0.369. The van der Waals surface area contributed by atoms with Gasteiger partial charge in [0.25, 0.3) is 0 Å². The molecule has 1 rings (SSSR count). The molecule has 0 radical (unpaired) electrons. The van der Waals surface area contributed by atoms with Crippen molar-refractivity contribution in [1.82, 2.24) is 9.78 Å². The lowest BCUT2D eigenvalue weighted by Crippen LogP contribution is -1.83. The van der Waals surface area contributed by atoms with E-state index in [2.05, 4.69) is 16.9 Å². The molecule has 0 bridgehead atoms. The molecular formula is C7H6N2O. The van der Waals surface area contributed by atoms with Crippen LogP contribution in [0.4, 0.5) is 0 Å². The molecule has 0 aromatic carbocycles. The molecule has 0 N–H and O–H groups in total. The average molecular weight is 134 g/mol. The third kappa shape index (κ3) is 1.46. The predicted octanol–water partition coefficient (Wildman–Crippen LogP) is -0.0295. The first-order valence-electron chi connectivity index (χ1n) is 2.77. The second kappa shape index (κ2) is 2.83. The highest BCUT2D eigenvalue weighted by Crippen LogP contribution is 1.90. The fourth-order valence-corrected chi connectivity index (χ4v) is 0.599. The third-order valence-electron chi connectivity index (χ3n) is 0.980. The van der Waals surface area contributed by atoms with E-state index in [-0.39, 0.29) is 0 Å². The molecule has 0 amide bonds. The van der Waals surface area contributed by atoms with Gasteiger partial charge in [-0.15, -0.1) is 0 Å². The normalized spacial score (nSPS) is 8.10. The van der Waals surface area contributed by atoms with Crippen molar-refractivity contribution in [3.63, 3.8) is 0 Å². The minimum atomic E-state index is 0.562. The van der Waals surface area contributed by atoms with Crippen LogP contribution in [0.15, 0.2) is 12.4 Å². The Morgan fingerprint density at radius 1 is 1.80 bits per heavy atom. The summed E-state index contributed by atoms with van der Waals surface area (Å²) >= 11 is 0. The molecule has 0 unspecified atom stereocenters. The summed E-state index contributed by atoms with van der Waals surface area (Å²) in [6, 6.07) is 0. The Hall–Kier alpha value is -1.56. The van der Waals surface area contributed by atoms with Crippen molar-refractivity contribution in [1.29, 1.82) is 0 Å². The van der Waals surface area contributed by atoms with Crippen LogP contribution in [0.3, 0.4) is 0 Å². The maximum absolute atomic E-state index is 9.78. The number of nitrogens with zero attached hydrogens (tertiary/aromatic N) is 2. The van der Waals surface area contributed by atoms with Gasteiger partial charge in [0.05, 0.1) is 11.8 Å². The Morgan fingerprint density at radius 3 is 3.10 bits per heavy atom. The van der Waals surface area contributed by atoms with E-state index in [1.807, 2.05) is 0 Å². The van der Waals surface area contributed by atoms with Gasteiger partial charge in [0.2, 0.25) is 0 Å². The molecule has 0 spiro atoms. The fourth-order valence-electron chi connectivity index (χ4n) is 0.599. The second-order valence-corrected chi connectivity index (χ2v) is 1.79. The van der Waals surface area contributed by atoms with E-state index >= 15 is 0 Å². The van der Waals surface area contributed by atoms with Crippen LogP contribution < -0.4 is 0 Å². The molecule has 0 aliphatic heterocycles. The number of carbonyl (C=O) groups is 1. The Morgan fingerprint density at radius 2 is 2.60 bits per heavy atom. The highest BCUT2D eigenvalue weighted by atomic mass is 16.1. The summed E-state index contributed by atoms with van der Waals surface area (Å²) in [6.07, 6.45) is 3.92. The van der Waals surface area contributed by atoms with Gasteiger partial charge in [-0.2, -0.15) is 5.10 Å². The van der Waals surface area contributed by atoms with Gasteiger partial charge in [0, 0.05) is 13.2 Å². The summed E-state index contributed by atoms with van der Waals surface area (Å²) < 4.78 is 1.63. The molecule has 0 saturated heterocycles. The summed E-state index contributed by atoms with van der Waals surface area (Å²) in [7, 11) is 1.80. The van der Waals surface area contributed by atoms with E-state index in [0.717, 1.165) is 5.56 Å². The zero-order chi connectivity index (χ0) is 7.40. The number of aromatic nitrogens is 2. The summed E-state index contributed by atoms with van der Waals surface area (Å²) in [4.78, 5) is 9.78. The van der Waals surface area contributed by atoms with Crippen molar-refractivity contribution in [2.75, 3.05) is 0 Å². The van der Waals surface area contributed by atoms with Crippen LogP contribution >= 0.6 is 0 Å². The molecule has 1 aromatic rings. The van der Waals surface area contributed by atoms with Crippen molar-refractivity contribution >= 4 is 6.29 Å². The van der Waals surface area contributed by atoms with E-state index < -0.39 is 0 Å². The minimum absolute atomic E-state index is 0.562. The standard InChI is InChI=1S/C7H6N2O/c1-9-6-7(5-8-9)3-2-4-10/h4-6H,1H3. The van der Waals surface area contributed by atoms with Gasteiger partial charge in [0.15, 0.2) is 6.29 Å². The topological polar surface area (TPSA) is 34.9 Å². The van der Waals surface area contributed by atoms with E-state index in [1.165, 1.54) is 0 Å². The smallest absolute Gasteiger partial charge is 0.193 e. The number of aryl methyl sites for hydroxylation is 1. The number of hydrogen-bond acceptors (Lipinski definition) is 2. The molecule has 3 nitrogen and oxygen atoms in total. The maximum Gasteiger partial charge on any atom is 0.193 e. The van der Waals surface area contributed by atoms with Crippen molar-refractivity contribution in [3.8, 4) is 11.8 Å². The first kappa shape index (κ1) is 6.56. The van der Waals surface area contributed by atoms with Gasteiger partial charge in [0.1, 0.15) is 0 Å². The van der Waals surface area contributed by atoms with Gasteiger partial charge in [-0.3, -0.25) is 9.48 Å². The van der Waals surface area contributed by atoms with Crippen LogP contribution in [-0.2, 0) is 11.8 Å². The zero-order valence-corrected chi connectivity index (χ0v) is 5.53.